The van der Waals surface area contributed by atoms with E-state index >= 15 is 0 Å². The molecule has 0 radical (unpaired) electrons. The number of rotatable bonds is 8. The number of fused-ring (bicyclic) bond motifs is 2. The summed E-state index contributed by atoms with van der Waals surface area (Å²) in [4.78, 5) is 12.3. The van der Waals surface area contributed by atoms with Gasteiger partial charge in [0.05, 0.1) is 48.3 Å². The van der Waals surface area contributed by atoms with Crippen LogP contribution in [-0.2, 0) is 33.2 Å². The lowest BCUT2D eigenvalue weighted by Gasteiger charge is -2.64. The number of ether oxygens (including phenoxy) is 6. The minimum Gasteiger partial charge on any atom is -0.454 e. The first kappa shape index (κ1) is 44.6. The number of hydrogen-bond acceptors (Lipinski definition) is 15. The van der Waals surface area contributed by atoms with E-state index in [2.05, 4.69) is 34.6 Å². The van der Waals surface area contributed by atoms with Gasteiger partial charge in [-0.05, 0) is 124 Å². The molecule has 338 valence electrons. The van der Waals surface area contributed by atoms with Crippen LogP contribution in [0, 0.1) is 44.8 Å². The van der Waals surface area contributed by atoms with Gasteiger partial charge in [-0.3, -0.25) is 4.79 Å². The summed E-state index contributed by atoms with van der Waals surface area (Å²) in [6.45, 7) is 17.0. The highest BCUT2D eigenvalue weighted by atomic mass is 16.7. The molecule has 8 fully saturated rings. The zero-order valence-electron chi connectivity index (χ0n) is 36.3. The first-order valence-corrected chi connectivity index (χ1v) is 22.2. The number of aliphatic hydroxyl groups is 8. The molecule has 0 amide bonds. The standard InChI is InChI=1S/C44H72O15/c1-20-28(48)30(50)32(52)36(55-20)54-18-24-29(49)31(51)33(56-21(2)45)37(57-24)58-26-11-13-44-19-43(44)15-14-40(7)35(42(9)12-10-27(59-42)39(5,6)53)23(47)17-41(40,8)25(43)16-22(46)34(44)38(26,3)4/h20,22-37,46-53H,10-19H2,1-9H3. The molecule has 22 atom stereocenters. The van der Waals surface area contributed by atoms with Crippen LogP contribution in [-0.4, -0.2) is 150 Å². The van der Waals surface area contributed by atoms with Crippen molar-refractivity contribution in [2.24, 2.45) is 44.8 Å². The van der Waals surface area contributed by atoms with Gasteiger partial charge in [0, 0.05) is 12.8 Å². The maximum Gasteiger partial charge on any atom is 0.303 e. The van der Waals surface area contributed by atoms with Crippen LogP contribution in [0.3, 0.4) is 0 Å². The van der Waals surface area contributed by atoms with Crippen molar-refractivity contribution in [1.82, 2.24) is 0 Å². The van der Waals surface area contributed by atoms with Gasteiger partial charge in [0.2, 0.25) is 0 Å². The summed E-state index contributed by atoms with van der Waals surface area (Å²) in [6, 6.07) is 0. The molecule has 15 heteroatoms. The predicted molar refractivity (Wildman–Crippen MR) is 208 cm³/mol. The van der Waals surface area contributed by atoms with Gasteiger partial charge in [0.1, 0.15) is 36.6 Å². The number of aliphatic hydroxyl groups excluding tert-OH is 7. The Kier molecular flexibility index (Phi) is 10.9. The SMILES string of the molecule is CC(=O)OC1C(OC2CCC34CC35CCC3(C)C(C6(C)CCC(C(C)(C)O)O6)C(O)CC3(C)C5CC(O)C4C2(C)C)OC(COC2OC(C)C(O)C(O)C2O)C(O)C1O. The molecule has 0 aromatic heterocycles. The van der Waals surface area contributed by atoms with E-state index in [1.807, 2.05) is 0 Å². The second-order valence-corrected chi connectivity index (χ2v) is 22.1. The fourth-order valence-corrected chi connectivity index (χ4v) is 15.3. The van der Waals surface area contributed by atoms with E-state index < -0.39 is 109 Å². The molecule has 5 aliphatic carbocycles. The van der Waals surface area contributed by atoms with Gasteiger partial charge in [-0.25, -0.2) is 0 Å². The summed E-state index contributed by atoms with van der Waals surface area (Å²) >= 11 is 0. The Morgan fingerprint density at radius 2 is 1.46 bits per heavy atom. The minimum atomic E-state index is -1.62. The third-order valence-electron chi connectivity index (χ3n) is 18.2. The van der Waals surface area contributed by atoms with Crippen LogP contribution < -0.4 is 0 Å². The predicted octanol–water partition coefficient (Wildman–Crippen LogP) is 1.68. The Labute approximate surface area is 348 Å². The largest absolute Gasteiger partial charge is 0.454 e. The normalized spacial score (nSPS) is 56.7. The zero-order valence-corrected chi connectivity index (χ0v) is 36.3. The fraction of sp³-hybridized carbons (Fsp3) is 0.977. The van der Waals surface area contributed by atoms with Crippen LogP contribution in [0.5, 0.6) is 0 Å². The van der Waals surface area contributed by atoms with Crippen LogP contribution in [0.25, 0.3) is 0 Å². The summed E-state index contributed by atoms with van der Waals surface area (Å²) in [5.41, 5.74) is -2.81. The Balaban J connectivity index is 1.01. The van der Waals surface area contributed by atoms with Gasteiger partial charge in [-0.1, -0.05) is 27.7 Å². The Bertz CT molecular complexity index is 1610. The van der Waals surface area contributed by atoms with Crippen molar-refractivity contribution < 1.29 is 74.1 Å². The van der Waals surface area contributed by atoms with Crippen molar-refractivity contribution in [3.8, 4) is 0 Å². The topological polar surface area (TPSA) is 234 Å². The molecule has 5 saturated carbocycles. The van der Waals surface area contributed by atoms with Gasteiger partial charge in [0.15, 0.2) is 18.7 Å². The summed E-state index contributed by atoms with van der Waals surface area (Å²) in [5.74, 6) is -0.759. The molecule has 0 aromatic rings. The highest BCUT2D eigenvalue weighted by Gasteiger charge is 2.85. The first-order chi connectivity index (χ1) is 27.3. The lowest BCUT2D eigenvalue weighted by Crippen LogP contribution is -2.64. The van der Waals surface area contributed by atoms with Gasteiger partial charge in [0.25, 0.3) is 0 Å². The van der Waals surface area contributed by atoms with Crippen molar-refractivity contribution >= 4 is 5.97 Å². The van der Waals surface area contributed by atoms with Gasteiger partial charge < -0.3 is 69.3 Å². The Morgan fingerprint density at radius 1 is 0.763 bits per heavy atom. The zero-order chi connectivity index (χ0) is 43.2. The highest BCUT2D eigenvalue weighted by molar-refractivity contribution is 5.66. The van der Waals surface area contributed by atoms with Crippen LogP contribution in [0.1, 0.15) is 120 Å². The van der Waals surface area contributed by atoms with Crippen molar-refractivity contribution in [2.75, 3.05) is 6.61 Å². The second kappa shape index (κ2) is 14.5. The lowest BCUT2D eigenvalue weighted by molar-refractivity contribution is -0.344. The lowest BCUT2D eigenvalue weighted by atomic mass is 9.41. The summed E-state index contributed by atoms with van der Waals surface area (Å²) in [7, 11) is 0. The van der Waals surface area contributed by atoms with E-state index in [0.717, 1.165) is 38.5 Å². The Morgan fingerprint density at radius 3 is 2.10 bits per heavy atom. The fourth-order valence-electron chi connectivity index (χ4n) is 15.3. The maximum absolute atomic E-state index is 12.5. The molecule has 3 heterocycles. The second-order valence-electron chi connectivity index (χ2n) is 22.1. The molecule has 3 saturated heterocycles. The molecular formula is C44H72O15. The molecule has 59 heavy (non-hydrogen) atoms. The molecule has 8 rings (SSSR count). The van der Waals surface area contributed by atoms with Crippen LogP contribution in [0.4, 0.5) is 0 Å². The van der Waals surface area contributed by atoms with Crippen molar-refractivity contribution in [3.63, 3.8) is 0 Å². The monoisotopic (exact) mass is 840 g/mol. The number of carbonyl (C=O) groups excluding carboxylic acids is 1. The quantitative estimate of drug-likeness (QED) is 0.128. The average molecular weight is 841 g/mol. The smallest absolute Gasteiger partial charge is 0.303 e. The molecule has 15 nitrogen and oxygen atoms in total. The maximum atomic E-state index is 12.5. The molecule has 3 aliphatic heterocycles. The van der Waals surface area contributed by atoms with Gasteiger partial charge >= 0.3 is 5.97 Å². The van der Waals surface area contributed by atoms with Crippen LogP contribution >= 0.6 is 0 Å². The number of esters is 1. The van der Waals surface area contributed by atoms with Gasteiger partial charge in [-0.2, -0.15) is 0 Å². The Hall–Kier alpha value is -1.05. The third-order valence-corrected chi connectivity index (χ3v) is 18.2. The number of hydrogen-bond donors (Lipinski definition) is 8. The molecular weight excluding hydrogens is 768 g/mol. The van der Waals surface area contributed by atoms with Crippen molar-refractivity contribution in [2.45, 2.75) is 217 Å². The molecule has 0 aromatic carbocycles. The van der Waals surface area contributed by atoms with E-state index in [0.29, 0.717) is 19.3 Å². The van der Waals surface area contributed by atoms with Crippen molar-refractivity contribution in [3.05, 3.63) is 0 Å². The summed E-state index contributed by atoms with van der Waals surface area (Å²) < 4.78 is 36.5. The average Bonchev–Trinajstić information content (AvgIpc) is 3.49. The highest BCUT2D eigenvalue weighted by Crippen LogP contribution is 2.89. The number of carbonyl (C=O) groups is 1. The van der Waals surface area contributed by atoms with Crippen LogP contribution in [0.15, 0.2) is 0 Å². The summed E-state index contributed by atoms with van der Waals surface area (Å²) in [6.07, 6.45) is -8.77. The molecule has 0 bridgehead atoms. The van der Waals surface area contributed by atoms with E-state index in [1.165, 1.54) is 13.8 Å². The van der Waals surface area contributed by atoms with Crippen molar-refractivity contribution in [1.29, 1.82) is 0 Å². The van der Waals surface area contributed by atoms with E-state index in [9.17, 15) is 45.6 Å². The van der Waals surface area contributed by atoms with E-state index in [1.54, 1.807) is 13.8 Å². The molecule has 2 spiro atoms. The molecule has 8 N–H and O–H groups in total. The van der Waals surface area contributed by atoms with Gasteiger partial charge in [-0.15, -0.1) is 0 Å². The summed E-state index contributed by atoms with van der Waals surface area (Å²) in [5, 5.41) is 88.7. The van der Waals surface area contributed by atoms with E-state index in [4.69, 9.17) is 28.4 Å². The molecule has 22 unspecified atom stereocenters. The minimum absolute atomic E-state index is 0.00764. The van der Waals surface area contributed by atoms with E-state index in [-0.39, 0.29) is 45.5 Å². The first-order valence-electron chi connectivity index (χ1n) is 22.2. The molecule has 8 aliphatic rings. The third kappa shape index (κ3) is 6.48. The van der Waals surface area contributed by atoms with Crippen LogP contribution in [0.2, 0.25) is 0 Å².